The smallest absolute Gasteiger partial charge is 0.234 e. The first kappa shape index (κ1) is 28.1. The number of anilines is 2. The average Bonchev–Trinajstić information content (AvgIpc) is 3.48. The van der Waals surface area contributed by atoms with Crippen LogP contribution in [0, 0.1) is 17.0 Å². The molecule has 3 aromatic carbocycles. The number of amides is 1. The number of aromatic amines is 1. The van der Waals surface area contributed by atoms with Crippen molar-refractivity contribution in [1.29, 1.82) is 0 Å². The van der Waals surface area contributed by atoms with Gasteiger partial charge in [0.25, 0.3) is 0 Å². The van der Waals surface area contributed by atoms with E-state index in [9.17, 15) is 13.6 Å². The molecule has 1 aliphatic heterocycles. The normalized spacial score (nSPS) is 18.3. The number of para-hydroxylation sites is 1. The zero-order chi connectivity index (χ0) is 29.8. The predicted molar refractivity (Wildman–Crippen MR) is 157 cm³/mol. The molecule has 6 rings (SSSR count). The van der Waals surface area contributed by atoms with Gasteiger partial charge in [0.1, 0.15) is 11.6 Å². The van der Waals surface area contributed by atoms with E-state index in [1.807, 2.05) is 30.3 Å². The van der Waals surface area contributed by atoms with Crippen LogP contribution in [0.5, 0.6) is 0 Å². The van der Waals surface area contributed by atoms with Crippen molar-refractivity contribution in [3.8, 4) is 22.6 Å². The predicted octanol–water partition coefficient (Wildman–Crippen LogP) is 6.11. The molecule has 0 spiro atoms. The lowest BCUT2D eigenvalue weighted by atomic mass is 9.91. The van der Waals surface area contributed by atoms with Gasteiger partial charge in [0.15, 0.2) is 5.82 Å². The molecule has 0 radical (unpaired) electrons. The van der Waals surface area contributed by atoms with E-state index in [0.717, 1.165) is 5.56 Å². The molecular weight excluding hydrogens is 554 g/mol. The van der Waals surface area contributed by atoms with Crippen LogP contribution in [0.25, 0.3) is 22.6 Å². The van der Waals surface area contributed by atoms with Crippen LogP contribution in [0.2, 0.25) is 0 Å². The van der Waals surface area contributed by atoms with Gasteiger partial charge < -0.3 is 25.1 Å². The minimum Gasteiger partial charge on any atom is -0.350 e. The number of H-pyrrole nitrogens is 1. The van der Waals surface area contributed by atoms with Crippen LogP contribution < -0.4 is 10.6 Å². The molecule has 3 N–H and O–H groups in total. The molecule has 2 aromatic heterocycles. The lowest BCUT2D eigenvalue weighted by molar-refractivity contribution is -0.229. The summed E-state index contributed by atoms with van der Waals surface area (Å²) in [6, 6.07) is 23.0. The third-order valence-electron chi connectivity index (χ3n) is 7.03. The van der Waals surface area contributed by atoms with Crippen LogP contribution in [-0.4, -0.2) is 39.1 Å². The maximum atomic E-state index is 13.7. The van der Waals surface area contributed by atoms with Crippen molar-refractivity contribution >= 4 is 17.5 Å². The molecule has 9 nitrogen and oxygen atoms in total. The van der Waals surface area contributed by atoms with Crippen molar-refractivity contribution in [2.24, 2.45) is 5.41 Å². The highest BCUT2D eigenvalue weighted by Gasteiger charge is 2.41. The van der Waals surface area contributed by atoms with Crippen molar-refractivity contribution < 1.29 is 23.0 Å². The van der Waals surface area contributed by atoms with Gasteiger partial charge in [-0.05, 0) is 67.1 Å². The molecule has 1 fully saturated rings. The van der Waals surface area contributed by atoms with E-state index in [2.05, 4.69) is 25.6 Å². The summed E-state index contributed by atoms with van der Waals surface area (Å²) in [7, 11) is 0. The van der Waals surface area contributed by atoms with Crippen molar-refractivity contribution in [3.63, 3.8) is 0 Å². The number of carbonyl (C=O) groups excluding carboxylic acids is 1. The first-order valence-electron chi connectivity index (χ1n) is 13.6. The van der Waals surface area contributed by atoms with E-state index in [1.54, 1.807) is 43.5 Å². The van der Waals surface area contributed by atoms with Gasteiger partial charge in [0.2, 0.25) is 18.1 Å². The van der Waals surface area contributed by atoms with Gasteiger partial charge in [-0.2, -0.15) is 0 Å². The van der Waals surface area contributed by atoms with Gasteiger partial charge in [-0.15, -0.1) is 0 Å². The first-order chi connectivity index (χ1) is 20.9. The summed E-state index contributed by atoms with van der Waals surface area (Å²) in [6.07, 6.45) is 0.734. The summed E-state index contributed by atoms with van der Waals surface area (Å²) in [4.78, 5) is 30.0. The average molecular weight is 583 g/mol. The van der Waals surface area contributed by atoms with E-state index in [-0.39, 0.29) is 30.8 Å². The van der Waals surface area contributed by atoms with Crippen LogP contribution in [0.15, 0.2) is 91.1 Å². The van der Waals surface area contributed by atoms with Crippen molar-refractivity contribution in [1.82, 2.24) is 19.9 Å². The molecule has 0 atom stereocenters. The lowest BCUT2D eigenvalue weighted by Gasteiger charge is -2.35. The van der Waals surface area contributed by atoms with Crippen LogP contribution >= 0.6 is 0 Å². The number of halogens is 2. The van der Waals surface area contributed by atoms with E-state index in [4.69, 9.17) is 14.5 Å². The Bertz CT molecular complexity index is 1700. The quantitative estimate of drug-likeness (QED) is 0.202. The summed E-state index contributed by atoms with van der Waals surface area (Å²) < 4.78 is 39.0. The number of benzene rings is 3. The Kier molecular flexibility index (Phi) is 7.91. The number of ether oxygens (including phenoxy) is 2. The minimum absolute atomic E-state index is 0.100. The molecule has 1 aliphatic rings. The Hall–Kier alpha value is -5.00. The fourth-order valence-corrected chi connectivity index (χ4v) is 4.57. The largest absolute Gasteiger partial charge is 0.350 e. The van der Waals surface area contributed by atoms with Crippen LogP contribution in [-0.2, 0) is 20.8 Å². The summed E-state index contributed by atoms with van der Waals surface area (Å²) in [6.45, 7) is 2.37. The molecular formula is C32H28F2N6O3. The number of imidazole rings is 1. The Morgan fingerprint density at radius 1 is 0.930 bits per heavy atom. The number of hydrogen-bond acceptors (Lipinski definition) is 7. The summed E-state index contributed by atoms with van der Waals surface area (Å²) in [5, 5.41) is 6.05. The molecule has 0 saturated carbocycles. The van der Waals surface area contributed by atoms with E-state index in [0.29, 0.717) is 46.7 Å². The second-order valence-electron chi connectivity index (χ2n) is 10.4. The van der Waals surface area contributed by atoms with Gasteiger partial charge in [-0.25, -0.2) is 23.7 Å². The van der Waals surface area contributed by atoms with E-state index >= 15 is 0 Å². The molecule has 1 saturated heterocycles. The van der Waals surface area contributed by atoms with Gasteiger partial charge in [0, 0.05) is 24.0 Å². The summed E-state index contributed by atoms with van der Waals surface area (Å²) in [5.74, 6) is -0.169. The molecule has 43 heavy (non-hydrogen) atoms. The van der Waals surface area contributed by atoms with Crippen LogP contribution in [0.4, 0.5) is 20.4 Å². The molecule has 3 heterocycles. The molecule has 218 valence electrons. The maximum absolute atomic E-state index is 13.7. The second kappa shape index (κ2) is 12.1. The molecule has 1 amide bonds. The van der Waals surface area contributed by atoms with Gasteiger partial charge in [0.05, 0.1) is 35.7 Å². The lowest BCUT2D eigenvalue weighted by Crippen LogP contribution is -2.45. The van der Waals surface area contributed by atoms with E-state index in [1.165, 1.54) is 24.3 Å². The Balaban J connectivity index is 1.23. The van der Waals surface area contributed by atoms with Gasteiger partial charge in [-0.3, -0.25) is 4.79 Å². The minimum atomic E-state index is -0.917. The monoisotopic (exact) mass is 582 g/mol. The van der Waals surface area contributed by atoms with E-state index < -0.39 is 11.7 Å². The van der Waals surface area contributed by atoms with Gasteiger partial charge in [-0.1, -0.05) is 30.3 Å². The zero-order valence-corrected chi connectivity index (χ0v) is 23.2. The Labute approximate surface area is 246 Å². The number of nitrogens with zero attached hydrogens (tertiary/aromatic N) is 3. The number of aromatic nitrogens is 4. The molecule has 0 bridgehead atoms. The fraction of sp³-hybridized carbons (Fsp3) is 0.188. The highest BCUT2D eigenvalue weighted by Crippen LogP contribution is 2.36. The topological polar surface area (TPSA) is 114 Å². The molecule has 0 aliphatic carbocycles. The standard InChI is InChI=1S/C32H28F2N6O3/c1-32(30(41)37-24-5-3-2-4-6-24)18-42-29(43-19-32)28-39-26(21-9-13-23(34)14-10-21)27(40-28)25-15-16-35-31(38-25)36-17-20-7-11-22(33)12-8-20/h2-16,29H,17-19H2,1H3,(H,37,41)(H,39,40)(H,35,36,38). The SMILES string of the molecule is CC1(C(=O)Nc2ccccc2)COC(c2nc(-c3ccc(F)cc3)c(-c3ccnc(NCc4ccc(F)cc4)n3)[nH]2)OC1. The van der Waals surface area contributed by atoms with Crippen LogP contribution in [0.3, 0.4) is 0 Å². The number of hydrogen-bond donors (Lipinski definition) is 3. The Morgan fingerprint density at radius 2 is 1.60 bits per heavy atom. The third kappa shape index (κ3) is 6.42. The maximum Gasteiger partial charge on any atom is 0.234 e. The molecule has 11 heteroatoms. The number of rotatable bonds is 8. The molecule has 0 unspecified atom stereocenters. The number of carbonyl (C=O) groups is 1. The van der Waals surface area contributed by atoms with Gasteiger partial charge >= 0.3 is 0 Å². The third-order valence-corrected chi connectivity index (χ3v) is 7.03. The zero-order valence-electron chi connectivity index (χ0n) is 23.2. The van der Waals surface area contributed by atoms with Crippen molar-refractivity contribution in [3.05, 3.63) is 114 Å². The first-order valence-corrected chi connectivity index (χ1v) is 13.6. The summed E-state index contributed by atoms with van der Waals surface area (Å²) in [5.41, 5.74) is 2.88. The highest BCUT2D eigenvalue weighted by atomic mass is 19.1. The Morgan fingerprint density at radius 3 is 2.30 bits per heavy atom. The molecule has 5 aromatic rings. The fourth-order valence-electron chi connectivity index (χ4n) is 4.57. The summed E-state index contributed by atoms with van der Waals surface area (Å²) >= 11 is 0. The second-order valence-corrected chi connectivity index (χ2v) is 10.4. The van der Waals surface area contributed by atoms with Crippen LogP contribution in [0.1, 0.15) is 24.6 Å². The van der Waals surface area contributed by atoms with Crippen molar-refractivity contribution in [2.45, 2.75) is 19.8 Å². The van der Waals surface area contributed by atoms with Crippen molar-refractivity contribution in [2.75, 3.05) is 23.8 Å². The number of nitrogens with one attached hydrogen (secondary N) is 3. The highest BCUT2D eigenvalue weighted by molar-refractivity contribution is 5.95.